The van der Waals surface area contributed by atoms with E-state index in [1.807, 2.05) is 6.92 Å². The Kier molecular flexibility index (Phi) is 3.91. The highest BCUT2D eigenvalue weighted by atomic mass is 32.1. The Morgan fingerprint density at radius 1 is 1.47 bits per heavy atom. The third-order valence-electron chi connectivity index (χ3n) is 2.82. The third kappa shape index (κ3) is 3.43. The highest BCUT2D eigenvalue weighted by Crippen LogP contribution is 2.16. The van der Waals surface area contributed by atoms with E-state index < -0.39 is 0 Å². The second-order valence-electron chi connectivity index (χ2n) is 4.06. The smallest absolute Gasteiger partial charge is 0.202 e. The van der Waals surface area contributed by atoms with Gasteiger partial charge in [-0.1, -0.05) is 0 Å². The molecule has 15 heavy (non-hydrogen) atoms. The summed E-state index contributed by atoms with van der Waals surface area (Å²) in [6.07, 6.45) is 3.88. The molecule has 0 aromatic carbocycles. The van der Waals surface area contributed by atoms with Gasteiger partial charge in [-0.3, -0.25) is 0 Å². The molecule has 2 N–H and O–H groups in total. The first-order valence-corrected chi connectivity index (χ1v) is 6.37. The molecule has 1 saturated heterocycles. The summed E-state index contributed by atoms with van der Waals surface area (Å²) in [6.45, 7) is 5.32. The molecule has 0 unspecified atom stereocenters. The van der Waals surface area contributed by atoms with Crippen LogP contribution in [0.1, 0.15) is 25.1 Å². The fourth-order valence-corrected chi connectivity index (χ4v) is 2.52. The Morgan fingerprint density at radius 2 is 2.27 bits per heavy atom. The molecule has 4 nitrogen and oxygen atoms in total. The average Bonchev–Trinajstić information content (AvgIpc) is 2.66. The number of nitrogens with zero attached hydrogens (tertiary/aromatic N) is 2. The zero-order valence-electron chi connectivity index (χ0n) is 9.12. The standard InChI is InChI=1S/C10H18N4S/c1-8-13-10(15-14-8)12-7-4-9-2-5-11-6-3-9/h9,11H,2-7H2,1H3,(H,12,13,14). The second-order valence-corrected chi connectivity index (χ2v) is 4.81. The minimum Gasteiger partial charge on any atom is -0.360 e. The Morgan fingerprint density at radius 3 is 2.93 bits per heavy atom. The monoisotopic (exact) mass is 226 g/mol. The number of nitrogens with one attached hydrogen (secondary N) is 2. The van der Waals surface area contributed by atoms with Crippen LogP contribution in [0.2, 0.25) is 0 Å². The lowest BCUT2D eigenvalue weighted by molar-refractivity contribution is 0.361. The number of piperidine rings is 1. The SMILES string of the molecule is Cc1nsc(NCCC2CCNCC2)n1. The van der Waals surface area contributed by atoms with Crippen LogP contribution in [-0.4, -0.2) is 29.0 Å². The van der Waals surface area contributed by atoms with Gasteiger partial charge in [-0.2, -0.15) is 4.37 Å². The molecule has 2 heterocycles. The van der Waals surface area contributed by atoms with Crippen molar-refractivity contribution in [3.05, 3.63) is 5.82 Å². The first-order chi connectivity index (χ1) is 7.34. The van der Waals surface area contributed by atoms with Crippen LogP contribution in [0.25, 0.3) is 0 Å². The largest absolute Gasteiger partial charge is 0.360 e. The van der Waals surface area contributed by atoms with Crippen molar-refractivity contribution in [1.29, 1.82) is 0 Å². The third-order valence-corrected chi connectivity index (χ3v) is 3.58. The van der Waals surface area contributed by atoms with Crippen LogP contribution in [0.3, 0.4) is 0 Å². The summed E-state index contributed by atoms with van der Waals surface area (Å²) in [5.74, 6) is 1.75. The quantitative estimate of drug-likeness (QED) is 0.819. The van der Waals surface area contributed by atoms with E-state index in [-0.39, 0.29) is 0 Å². The fraction of sp³-hybridized carbons (Fsp3) is 0.800. The zero-order chi connectivity index (χ0) is 10.5. The van der Waals surface area contributed by atoms with E-state index in [4.69, 9.17) is 0 Å². The summed E-state index contributed by atoms with van der Waals surface area (Å²) in [6, 6.07) is 0. The summed E-state index contributed by atoms with van der Waals surface area (Å²) in [7, 11) is 0. The predicted molar refractivity (Wildman–Crippen MR) is 63.3 cm³/mol. The van der Waals surface area contributed by atoms with Crippen LogP contribution in [0, 0.1) is 12.8 Å². The Hall–Kier alpha value is -0.680. The Bertz CT molecular complexity index is 293. The van der Waals surface area contributed by atoms with Crippen molar-refractivity contribution in [1.82, 2.24) is 14.7 Å². The van der Waals surface area contributed by atoms with Crippen LogP contribution >= 0.6 is 11.5 Å². The molecule has 0 aliphatic carbocycles. The van der Waals surface area contributed by atoms with Gasteiger partial charge in [0.15, 0.2) is 0 Å². The molecule has 1 aromatic rings. The summed E-state index contributed by atoms with van der Waals surface area (Å²) >= 11 is 1.45. The molecule has 0 atom stereocenters. The van der Waals surface area contributed by atoms with Crippen molar-refractivity contribution in [2.24, 2.45) is 5.92 Å². The molecule has 84 valence electrons. The molecular weight excluding hydrogens is 208 g/mol. The van der Waals surface area contributed by atoms with Crippen molar-refractivity contribution < 1.29 is 0 Å². The number of rotatable bonds is 4. The van der Waals surface area contributed by atoms with Crippen LogP contribution in [0.5, 0.6) is 0 Å². The molecular formula is C10H18N4S. The number of hydrogen-bond donors (Lipinski definition) is 2. The van der Waals surface area contributed by atoms with Gasteiger partial charge in [0.25, 0.3) is 0 Å². The van der Waals surface area contributed by atoms with Gasteiger partial charge in [0.05, 0.1) is 0 Å². The van der Waals surface area contributed by atoms with Gasteiger partial charge in [0.1, 0.15) is 5.82 Å². The highest BCUT2D eigenvalue weighted by molar-refractivity contribution is 7.09. The van der Waals surface area contributed by atoms with Crippen LogP contribution in [0.4, 0.5) is 5.13 Å². The van der Waals surface area contributed by atoms with Crippen LogP contribution in [-0.2, 0) is 0 Å². The molecule has 1 aromatic heterocycles. The Labute approximate surface area is 94.7 Å². The van der Waals surface area contributed by atoms with Crippen LogP contribution in [0.15, 0.2) is 0 Å². The van der Waals surface area contributed by atoms with E-state index in [1.165, 1.54) is 43.9 Å². The summed E-state index contributed by atoms with van der Waals surface area (Å²) in [5, 5.41) is 7.68. The first kappa shape index (κ1) is 10.8. The van der Waals surface area contributed by atoms with Crippen molar-refractivity contribution in [3.8, 4) is 0 Å². The van der Waals surface area contributed by atoms with E-state index in [0.717, 1.165) is 23.4 Å². The van der Waals surface area contributed by atoms with Gasteiger partial charge in [-0.25, -0.2) is 4.98 Å². The molecule has 1 fully saturated rings. The minimum absolute atomic E-state index is 0.865. The van der Waals surface area contributed by atoms with Crippen molar-refractivity contribution >= 4 is 16.7 Å². The predicted octanol–water partition coefficient (Wildman–Crippen LogP) is 1.65. The van der Waals surface area contributed by atoms with Gasteiger partial charge in [0, 0.05) is 18.1 Å². The van der Waals surface area contributed by atoms with Gasteiger partial charge < -0.3 is 10.6 Å². The molecule has 0 radical (unpaired) electrons. The molecule has 0 bridgehead atoms. The van der Waals surface area contributed by atoms with Gasteiger partial charge in [-0.05, 0) is 45.2 Å². The highest BCUT2D eigenvalue weighted by Gasteiger charge is 2.12. The maximum Gasteiger partial charge on any atom is 0.202 e. The molecule has 1 aliphatic heterocycles. The normalized spacial score (nSPS) is 17.9. The van der Waals surface area contributed by atoms with E-state index in [2.05, 4.69) is 20.0 Å². The van der Waals surface area contributed by atoms with E-state index >= 15 is 0 Å². The second kappa shape index (κ2) is 5.42. The van der Waals surface area contributed by atoms with Gasteiger partial charge in [0.2, 0.25) is 5.13 Å². The fourth-order valence-electron chi connectivity index (χ4n) is 1.92. The van der Waals surface area contributed by atoms with Gasteiger partial charge >= 0.3 is 0 Å². The van der Waals surface area contributed by atoms with Crippen molar-refractivity contribution in [2.75, 3.05) is 25.0 Å². The maximum atomic E-state index is 4.28. The Balaban J connectivity index is 1.65. The topological polar surface area (TPSA) is 49.8 Å². The molecule has 0 amide bonds. The minimum atomic E-state index is 0.865. The van der Waals surface area contributed by atoms with E-state index in [9.17, 15) is 0 Å². The lowest BCUT2D eigenvalue weighted by Crippen LogP contribution is -2.28. The van der Waals surface area contributed by atoms with Crippen LogP contribution < -0.4 is 10.6 Å². The number of hydrogen-bond acceptors (Lipinski definition) is 5. The molecule has 0 spiro atoms. The molecule has 1 aliphatic rings. The van der Waals surface area contributed by atoms with Gasteiger partial charge in [-0.15, -0.1) is 0 Å². The maximum absolute atomic E-state index is 4.28. The lowest BCUT2D eigenvalue weighted by atomic mass is 9.95. The summed E-state index contributed by atoms with van der Waals surface area (Å²) in [5.41, 5.74) is 0. The van der Waals surface area contributed by atoms with E-state index in [1.54, 1.807) is 0 Å². The number of anilines is 1. The molecule has 5 heteroatoms. The van der Waals surface area contributed by atoms with Crippen molar-refractivity contribution in [3.63, 3.8) is 0 Å². The van der Waals surface area contributed by atoms with E-state index in [0.29, 0.717) is 0 Å². The zero-order valence-corrected chi connectivity index (χ0v) is 9.94. The molecule has 2 rings (SSSR count). The molecule has 0 saturated carbocycles. The van der Waals surface area contributed by atoms with Crippen molar-refractivity contribution in [2.45, 2.75) is 26.2 Å². The lowest BCUT2D eigenvalue weighted by Gasteiger charge is -2.22. The first-order valence-electron chi connectivity index (χ1n) is 5.59. The average molecular weight is 226 g/mol. The summed E-state index contributed by atoms with van der Waals surface area (Å²) < 4.78 is 4.14. The summed E-state index contributed by atoms with van der Waals surface area (Å²) in [4.78, 5) is 4.28. The number of aryl methyl sites for hydroxylation is 1. The number of aromatic nitrogens is 2.